The second-order valence-corrected chi connectivity index (χ2v) is 5.37. The molecule has 6 nitrogen and oxygen atoms in total. The van der Waals surface area contributed by atoms with Crippen LogP contribution in [0.2, 0.25) is 0 Å². The van der Waals surface area contributed by atoms with Crippen molar-refractivity contribution >= 4 is 43.9 Å². The lowest BCUT2D eigenvalue weighted by atomic mass is 10.1. The van der Waals surface area contributed by atoms with E-state index in [4.69, 9.17) is 9.84 Å². The number of nitrogens with zero attached hydrogens (tertiary/aromatic N) is 1. The molecular formula is C12H12Br2N2O4. The van der Waals surface area contributed by atoms with E-state index in [2.05, 4.69) is 48.7 Å². The summed E-state index contributed by atoms with van der Waals surface area (Å²) in [6, 6.07) is 2.27. The monoisotopic (exact) mass is 406 g/mol. The number of hydrogen-bond acceptors (Lipinski definition) is 4. The number of alkyl carbamates (subject to hydrolysis) is 1. The summed E-state index contributed by atoms with van der Waals surface area (Å²) >= 11 is 6.43. The maximum Gasteiger partial charge on any atom is 0.408 e. The first-order chi connectivity index (χ1) is 9.42. The van der Waals surface area contributed by atoms with Gasteiger partial charge in [-0.25, -0.2) is 14.6 Å². The first-order valence-electron chi connectivity index (χ1n) is 5.51. The maximum absolute atomic E-state index is 11.4. The average Bonchev–Trinajstić information content (AvgIpc) is 2.34. The van der Waals surface area contributed by atoms with Crippen LogP contribution in [0.25, 0.3) is 0 Å². The van der Waals surface area contributed by atoms with Crippen molar-refractivity contribution in [3.05, 3.63) is 39.6 Å². The van der Waals surface area contributed by atoms with E-state index in [1.807, 2.05) is 0 Å². The molecule has 0 saturated carbocycles. The Bertz CT molecular complexity index is 502. The third-order valence-corrected chi connectivity index (χ3v) is 3.00. The van der Waals surface area contributed by atoms with Gasteiger partial charge < -0.3 is 15.2 Å². The molecule has 1 atom stereocenters. The second-order valence-electron chi connectivity index (χ2n) is 3.75. The lowest BCUT2D eigenvalue weighted by molar-refractivity contribution is -0.139. The molecule has 0 aliphatic rings. The van der Waals surface area contributed by atoms with E-state index in [1.54, 1.807) is 12.1 Å². The van der Waals surface area contributed by atoms with Crippen LogP contribution in [-0.4, -0.2) is 34.8 Å². The summed E-state index contributed by atoms with van der Waals surface area (Å²) in [7, 11) is 0. The van der Waals surface area contributed by atoms with E-state index in [0.717, 1.165) is 0 Å². The van der Waals surface area contributed by atoms with Gasteiger partial charge in [-0.15, -0.1) is 0 Å². The quantitative estimate of drug-likeness (QED) is 0.558. The molecule has 1 aromatic heterocycles. The van der Waals surface area contributed by atoms with Crippen molar-refractivity contribution in [2.75, 3.05) is 6.61 Å². The second kappa shape index (κ2) is 8.01. The third kappa shape index (κ3) is 5.70. The summed E-state index contributed by atoms with van der Waals surface area (Å²) in [5.74, 6) is -1.15. The molecule has 108 valence electrons. The molecule has 1 aromatic rings. The van der Waals surface area contributed by atoms with Gasteiger partial charge in [0, 0.05) is 6.42 Å². The molecule has 0 radical (unpaired) electrons. The fourth-order valence-electron chi connectivity index (χ4n) is 1.39. The van der Waals surface area contributed by atoms with Crippen molar-refractivity contribution in [3.63, 3.8) is 0 Å². The van der Waals surface area contributed by atoms with E-state index in [0.29, 0.717) is 14.8 Å². The van der Waals surface area contributed by atoms with E-state index < -0.39 is 18.1 Å². The maximum atomic E-state index is 11.4. The fourth-order valence-corrected chi connectivity index (χ4v) is 2.59. The summed E-state index contributed by atoms with van der Waals surface area (Å²) in [6.07, 6.45) is 0.703. The number of aliphatic carboxylic acids is 1. The van der Waals surface area contributed by atoms with Crippen LogP contribution in [-0.2, 0) is 16.0 Å². The summed E-state index contributed by atoms with van der Waals surface area (Å²) in [4.78, 5) is 26.6. The van der Waals surface area contributed by atoms with Crippen LogP contribution in [0.5, 0.6) is 0 Å². The van der Waals surface area contributed by atoms with Gasteiger partial charge in [-0.05, 0) is 49.6 Å². The molecule has 2 N–H and O–H groups in total. The number of rotatable bonds is 6. The number of carboxylic acid groups (broad SMARTS) is 1. The van der Waals surface area contributed by atoms with Crippen molar-refractivity contribution in [3.8, 4) is 0 Å². The minimum Gasteiger partial charge on any atom is -0.480 e. The Labute approximate surface area is 132 Å². The normalized spacial score (nSPS) is 11.5. The standard InChI is InChI=1S/C12H12Br2N2O4/c1-2-3-20-12(19)15-8(11(17)18)4-7-5-9(13)16-10(14)6-7/h2,5-6,8H,1,3-4H2,(H,15,19)(H,17,18). The Morgan fingerprint density at radius 1 is 1.45 bits per heavy atom. The van der Waals surface area contributed by atoms with E-state index >= 15 is 0 Å². The van der Waals surface area contributed by atoms with Gasteiger partial charge in [0.1, 0.15) is 21.9 Å². The summed E-state index contributed by atoms with van der Waals surface area (Å²) in [5, 5.41) is 11.4. The van der Waals surface area contributed by atoms with Gasteiger partial charge in [0.15, 0.2) is 0 Å². The van der Waals surface area contributed by atoms with Crippen LogP contribution in [0.4, 0.5) is 4.79 Å². The van der Waals surface area contributed by atoms with Crippen molar-refractivity contribution < 1.29 is 19.4 Å². The van der Waals surface area contributed by atoms with Crippen molar-refractivity contribution in [1.29, 1.82) is 0 Å². The predicted molar refractivity (Wildman–Crippen MR) is 79.4 cm³/mol. The number of hydrogen-bond donors (Lipinski definition) is 2. The number of carbonyl (C=O) groups excluding carboxylic acids is 1. The molecule has 0 saturated heterocycles. The largest absolute Gasteiger partial charge is 0.480 e. The van der Waals surface area contributed by atoms with Crippen LogP contribution < -0.4 is 5.32 Å². The Kier molecular flexibility index (Phi) is 6.66. The smallest absolute Gasteiger partial charge is 0.408 e. The first kappa shape index (κ1) is 16.6. The predicted octanol–water partition coefficient (Wildman–Crippen LogP) is 2.51. The molecule has 0 aromatic carbocycles. The molecular weight excluding hydrogens is 396 g/mol. The van der Waals surface area contributed by atoms with E-state index in [9.17, 15) is 9.59 Å². The molecule has 1 heterocycles. The zero-order valence-corrected chi connectivity index (χ0v) is 13.5. The van der Waals surface area contributed by atoms with Crippen molar-refractivity contribution in [2.45, 2.75) is 12.5 Å². The number of aromatic nitrogens is 1. The number of carbonyl (C=O) groups is 2. The zero-order valence-electron chi connectivity index (χ0n) is 10.3. The highest BCUT2D eigenvalue weighted by Gasteiger charge is 2.21. The van der Waals surface area contributed by atoms with Gasteiger partial charge in [0.2, 0.25) is 0 Å². The Balaban J connectivity index is 2.74. The molecule has 20 heavy (non-hydrogen) atoms. The minimum atomic E-state index is -1.15. The Hall–Kier alpha value is -1.41. The van der Waals surface area contributed by atoms with Crippen LogP contribution in [0, 0.1) is 0 Å². The fraction of sp³-hybridized carbons (Fsp3) is 0.250. The topological polar surface area (TPSA) is 88.5 Å². The molecule has 0 bridgehead atoms. The SMILES string of the molecule is C=CCOC(=O)NC(Cc1cc(Br)nc(Br)c1)C(=O)O. The first-order valence-corrected chi connectivity index (χ1v) is 7.10. The highest BCUT2D eigenvalue weighted by atomic mass is 79.9. The van der Waals surface area contributed by atoms with Gasteiger partial charge >= 0.3 is 12.1 Å². The van der Waals surface area contributed by atoms with Gasteiger partial charge in [0.25, 0.3) is 0 Å². The summed E-state index contributed by atoms with van der Waals surface area (Å²) in [6.45, 7) is 3.41. The summed E-state index contributed by atoms with van der Waals surface area (Å²) < 4.78 is 5.83. The van der Waals surface area contributed by atoms with Gasteiger partial charge in [-0.3, -0.25) is 0 Å². The molecule has 0 aliphatic heterocycles. The molecule has 0 fully saturated rings. The highest BCUT2D eigenvalue weighted by Crippen LogP contribution is 2.17. The number of pyridine rings is 1. The number of halogens is 2. The third-order valence-electron chi connectivity index (χ3n) is 2.18. The van der Waals surface area contributed by atoms with Crippen LogP contribution in [0.1, 0.15) is 5.56 Å². The molecule has 0 spiro atoms. The highest BCUT2D eigenvalue weighted by molar-refractivity contribution is 9.11. The molecule has 1 amide bonds. The molecule has 0 aliphatic carbocycles. The number of carboxylic acids is 1. The molecule has 1 unspecified atom stereocenters. The van der Waals surface area contributed by atoms with E-state index in [-0.39, 0.29) is 13.0 Å². The number of amides is 1. The van der Waals surface area contributed by atoms with Crippen molar-refractivity contribution in [2.24, 2.45) is 0 Å². The van der Waals surface area contributed by atoms with Crippen LogP contribution in [0.15, 0.2) is 34.0 Å². The molecule has 1 rings (SSSR count). The summed E-state index contributed by atoms with van der Waals surface area (Å²) in [5.41, 5.74) is 0.704. The van der Waals surface area contributed by atoms with Crippen LogP contribution in [0.3, 0.4) is 0 Å². The number of nitrogens with one attached hydrogen (secondary N) is 1. The van der Waals surface area contributed by atoms with Crippen molar-refractivity contribution in [1.82, 2.24) is 10.3 Å². The lowest BCUT2D eigenvalue weighted by Gasteiger charge is -2.14. The zero-order chi connectivity index (χ0) is 15.1. The Morgan fingerprint density at radius 2 is 2.05 bits per heavy atom. The van der Waals surface area contributed by atoms with E-state index in [1.165, 1.54) is 6.08 Å². The van der Waals surface area contributed by atoms with Gasteiger partial charge in [0.05, 0.1) is 0 Å². The average molecular weight is 408 g/mol. The van der Waals surface area contributed by atoms with Gasteiger partial charge in [-0.1, -0.05) is 12.7 Å². The molecule has 8 heteroatoms. The number of ether oxygens (including phenoxy) is 1. The Morgan fingerprint density at radius 3 is 2.55 bits per heavy atom. The van der Waals surface area contributed by atoms with Gasteiger partial charge in [-0.2, -0.15) is 0 Å². The van der Waals surface area contributed by atoms with Crippen LogP contribution >= 0.6 is 31.9 Å². The minimum absolute atomic E-state index is 0.0184. The lowest BCUT2D eigenvalue weighted by Crippen LogP contribution is -2.42.